The lowest BCUT2D eigenvalue weighted by atomic mass is 9.54. The molecule has 0 radical (unpaired) electrons. The lowest BCUT2D eigenvalue weighted by molar-refractivity contribution is -0.387. The molecule has 4 fully saturated rings. The summed E-state index contributed by atoms with van der Waals surface area (Å²) < 4.78 is 23.6. The minimum absolute atomic E-state index is 0.206. The van der Waals surface area contributed by atoms with E-state index >= 15 is 0 Å². The third kappa shape index (κ3) is 3.76. The number of amides is 1. The highest BCUT2D eigenvalue weighted by atomic mass is 32.2. The Balaban J connectivity index is 1.36. The Bertz CT molecular complexity index is 1150. The van der Waals surface area contributed by atoms with Crippen molar-refractivity contribution in [1.29, 1.82) is 0 Å². The molecular weight excluding hydrogens is 438 g/mol. The fourth-order valence-electron chi connectivity index (χ4n) is 6.00. The maximum absolute atomic E-state index is 12.9. The second-order valence-electron chi connectivity index (χ2n) is 9.18. The number of nitrogens with zero attached hydrogens (tertiary/aromatic N) is 2. The molecule has 1 aromatic heterocycles. The van der Waals surface area contributed by atoms with E-state index in [-0.39, 0.29) is 16.8 Å². The number of benzene rings is 1. The number of sulfone groups is 1. The molecule has 1 amide bonds. The van der Waals surface area contributed by atoms with Gasteiger partial charge in [0.1, 0.15) is 15.6 Å². The zero-order chi connectivity index (χ0) is 21.9. The van der Waals surface area contributed by atoms with Crippen LogP contribution in [0.4, 0.5) is 5.69 Å². The molecular formula is C21H23N3O5S2. The normalized spacial score (nSPS) is 29.1. The van der Waals surface area contributed by atoms with Gasteiger partial charge in [-0.1, -0.05) is 6.07 Å². The van der Waals surface area contributed by atoms with Crippen molar-refractivity contribution < 1.29 is 18.1 Å². The average Bonchev–Trinajstić information content (AvgIpc) is 3.19. The minimum Gasteiger partial charge on any atom is -0.347 e. The van der Waals surface area contributed by atoms with Gasteiger partial charge in [-0.2, -0.15) is 0 Å². The van der Waals surface area contributed by atoms with E-state index in [1.54, 1.807) is 5.38 Å². The van der Waals surface area contributed by atoms with E-state index in [2.05, 4.69) is 10.3 Å². The molecule has 1 N–H and O–H groups in total. The summed E-state index contributed by atoms with van der Waals surface area (Å²) in [6.07, 6.45) is 7.11. The van der Waals surface area contributed by atoms with E-state index in [1.807, 2.05) is 0 Å². The van der Waals surface area contributed by atoms with Gasteiger partial charge in [-0.05, 0) is 61.8 Å². The van der Waals surface area contributed by atoms with Crippen LogP contribution in [0.3, 0.4) is 0 Å². The number of carbonyl (C=O) groups is 1. The maximum atomic E-state index is 12.9. The van der Waals surface area contributed by atoms with Gasteiger partial charge >= 0.3 is 0 Å². The quantitative estimate of drug-likeness (QED) is 0.536. The molecule has 0 spiro atoms. The van der Waals surface area contributed by atoms with Crippen LogP contribution in [-0.4, -0.2) is 36.5 Å². The van der Waals surface area contributed by atoms with Crippen molar-refractivity contribution in [3.63, 3.8) is 0 Å². The van der Waals surface area contributed by atoms with Crippen molar-refractivity contribution in [3.05, 3.63) is 39.4 Å². The second kappa shape index (κ2) is 7.37. The van der Waals surface area contributed by atoms with E-state index in [0.717, 1.165) is 18.1 Å². The molecule has 0 unspecified atom stereocenters. The highest BCUT2D eigenvalue weighted by Gasteiger charge is 2.48. The van der Waals surface area contributed by atoms with Crippen LogP contribution < -0.4 is 5.32 Å². The lowest BCUT2D eigenvalue weighted by Gasteiger charge is -2.54. The van der Waals surface area contributed by atoms with Gasteiger partial charge in [0.15, 0.2) is 9.84 Å². The van der Waals surface area contributed by atoms with Crippen molar-refractivity contribution in [3.8, 4) is 10.6 Å². The number of hydrogen-bond donors (Lipinski definition) is 1. The Labute approximate surface area is 184 Å². The summed E-state index contributed by atoms with van der Waals surface area (Å²) in [5.74, 6) is 2.57. The molecule has 31 heavy (non-hydrogen) atoms. The molecule has 1 aromatic carbocycles. The molecule has 0 saturated heterocycles. The molecule has 4 bridgehead atoms. The molecule has 4 saturated carbocycles. The van der Waals surface area contributed by atoms with Gasteiger partial charge in [-0.25, -0.2) is 13.4 Å². The van der Waals surface area contributed by atoms with Crippen LogP contribution in [0, 0.1) is 33.8 Å². The van der Waals surface area contributed by atoms with Crippen LogP contribution in [-0.2, 0) is 9.84 Å². The SMILES string of the molecule is CS(=O)(=O)c1ccc(-c2nc(C(=O)NC3C4CC5CC(C4)CC3C5)cs2)cc1[N+](=O)[O-]. The van der Waals surface area contributed by atoms with Gasteiger partial charge in [0, 0.05) is 29.3 Å². The van der Waals surface area contributed by atoms with Crippen LogP contribution in [0.1, 0.15) is 42.6 Å². The Kier molecular flexibility index (Phi) is 4.89. The number of thiazole rings is 1. The van der Waals surface area contributed by atoms with Crippen molar-refractivity contribution in [2.75, 3.05) is 6.26 Å². The van der Waals surface area contributed by atoms with E-state index in [9.17, 15) is 23.3 Å². The first-order chi connectivity index (χ1) is 14.7. The number of nitrogens with one attached hydrogen (secondary N) is 1. The first-order valence-corrected chi connectivity index (χ1v) is 13.2. The second-order valence-corrected chi connectivity index (χ2v) is 12.0. The van der Waals surface area contributed by atoms with Crippen LogP contribution >= 0.6 is 11.3 Å². The van der Waals surface area contributed by atoms with Crippen LogP contribution in [0.15, 0.2) is 28.5 Å². The van der Waals surface area contributed by atoms with Crippen molar-refractivity contribution in [2.45, 2.75) is 43.0 Å². The predicted molar refractivity (Wildman–Crippen MR) is 116 cm³/mol. The fourth-order valence-corrected chi connectivity index (χ4v) is 7.63. The average molecular weight is 462 g/mol. The summed E-state index contributed by atoms with van der Waals surface area (Å²) in [4.78, 5) is 27.6. The largest absolute Gasteiger partial charge is 0.347 e. The smallest absolute Gasteiger partial charge is 0.288 e. The van der Waals surface area contributed by atoms with Gasteiger partial charge in [-0.15, -0.1) is 11.3 Å². The van der Waals surface area contributed by atoms with Gasteiger partial charge in [-0.3, -0.25) is 14.9 Å². The van der Waals surface area contributed by atoms with E-state index in [1.165, 1.54) is 61.6 Å². The number of carbonyl (C=O) groups excluding carboxylic acids is 1. The Hall–Kier alpha value is -2.33. The first-order valence-electron chi connectivity index (χ1n) is 10.4. The number of aromatic nitrogens is 1. The molecule has 10 heteroatoms. The zero-order valence-electron chi connectivity index (χ0n) is 17.0. The topological polar surface area (TPSA) is 119 Å². The Morgan fingerprint density at radius 3 is 2.39 bits per heavy atom. The van der Waals surface area contributed by atoms with E-state index in [4.69, 9.17) is 0 Å². The molecule has 4 aliphatic rings. The summed E-state index contributed by atoms with van der Waals surface area (Å²) in [6, 6.07) is 4.12. The molecule has 6 rings (SSSR count). The Morgan fingerprint density at radius 1 is 1.16 bits per heavy atom. The summed E-state index contributed by atoms with van der Waals surface area (Å²) in [5, 5.41) is 16.7. The minimum atomic E-state index is -3.73. The van der Waals surface area contributed by atoms with Crippen molar-refractivity contribution in [2.24, 2.45) is 23.7 Å². The summed E-state index contributed by atoms with van der Waals surface area (Å²) >= 11 is 1.21. The maximum Gasteiger partial charge on any atom is 0.288 e. The van der Waals surface area contributed by atoms with Crippen LogP contribution in [0.25, 0.3) is 10.6 Å². The molecule has 0 aliphatic heterocycles. The molecule has 2 aromatic rings. The fraction of sp³-hybridized carbons (Fsp3) is 0.524. The number of hydrogen-bond acceptors (Lipinski definition) is 7. The summed E-state index contributed by atoms with van der Waals surface area (Å²) in [6.45, 7) is 0. The molecule has 164 valence electrons. The monoisotopic (exact) mass is 461 g/mol. The predicted octanol–water partition coefficient (Wildman–Crippen LogP) is 3.68. The van der Waals surface area contributed by atoms with Gasteiger partial charge in [0.05, 0.1) is 4.92 Å². The zero-order valence-corrected chi connectivity index (χ0v) is 18.6. The van der Waals surface area contributed by atoms with Gasteiger partial charge in [0.2, 0.25) is 0 Å². The highest BCUT2D eigenvalue weighted by Crippen LogP contribution is 2.53. The molecule has 1 heterocycles. The van der Waals surface area contributed by atoms with Crippen molar-refractivity contribution in [1.82, 2.24) is 10.3 Å². The van der Waals surface area contributed by atoms with E-state index < -0.39 is 20.4 Å². The molecule has 0 atom stereocenters. The van der Waals surface area contributed by atoms with Crippen LogP contribution in [0.2, 0.25) is 0 Å². The lowest BCUT2D eigenvalue weighted by Crippen LogP contribution is -2.55. The Morgan fingerprint density at radius 2 is 1.81 bits per heavy atom. The third-order valence-corrected chi connectivity index (χ3v) is 9.10. The number of nitro benzene ring substituents is 1. The van der Waals surface area contributed by atoms with Crippen molar-refractivity contribution >= 4 is 32.8 Å². The van der Waals surface area contributed by atoms with E-state index in [0.29, 0.717) is 28.1 Å². The first kappa shape index (κ1) is 20.6. The van der Waals surface area contributed by atoms with Gasteiger partial charge in [0.25, 0.3) is 11.6 Å². The highest BCUT2D eigenvalue weighted by molar-refractivity contribution is 7.90. The molecule has 4 aliphatic carbocycles. The summed E-state index contributed by atoms with van der Waals surface area (Å²) in [7, 11) is -3.73. The van der Waals surface area contributed by atoms with Crippen LogP contribution in [0.5, 0.6) is 0 Å². The third-order valence-electron chi connectivity index (χ3n) is 7.06. The standard InChI is InChI=1S/C21H23N3O5S2/c1-31(28,29)18-3-2-13(9-17(18)24(26)27)21-22-16(10-30-21)20(25)23-19-14-5-11-4-12(7-14)8-15(19)6-11/h2-3,9-12,14-15,19H,4-8H2,1H3,(H,23,25). The summed E-state index contributed by atoms with van der Waals surface area (Å²) in [5.41, 5.74) is 0.219. The van der Waals surface area contributed by atoms with Gasteiger partial charge < -0.3 is 5.32 Å². The number of rotatable bonds is 5. The molecule has 8 nitrogen and oxygen atoms in total. The number of nitro groups is 1.